The first kappa shape index (κ1) is 18.3. The summed E-state index contributed by atoms with van der Waals surface area (Å²) in [5.41, 5.74) is 1.96. The SMILES string of the molecule is COc1cccc(CN2CCC3(CC2)CCN(CC2CCOCC2)C3)c1. The lowest BCUT2D eigenvalue weighted by molar-refractivity contribution is 0.0510. The molecule has 1 aromatic rings. The zero-order valence-electron chi connectivity index (χ0n) is 16.3. The van der Waals surface area contributed by atoms with Gasteiger partial charge in [-0.25, -0.2) is 0 Å². The van der Waals surface area contributed by atoms with Gasteiger partial charge in [-0.1, -0.05) is 12.1 Å². The van der Waals surface area contributed by atoms with Crippen molar-refractivity contribution in [2.75, 3.05) is 53.0 Å². The summed E-state index contributed by atoms with van der Waals surface area (Å²) in [6.45, 7) is 9.43. The van der Waals surface area contributed by atoms with Crippen molar-refractivity contribution in [3.05, 3.63) is 29.8 Å². The molecule has 4 rings (SSSR count). The fourth-order valence-corrected chi connectivity index (χ4v) is 5.10. The van der Waals surface area contributed by atoms with E-state index in [2.05, 4.69) is 28.0 Å². The molecule has 4 nitrogen and oxygen atoms in total. The van der Waals surface area contributed by atoms with Crippen molar-refractivity contribution in [3.63, 3.8) is 0 Å². The molecule has 0 bridgehead atoms. The van der Waals surface area contributed by atoms with E-state index in [1.165, 1.54) is 70.4 Å². The van der Waals surface area contributed by atoms with Gasteiger partial charge in [-0.3, -0.25) is 4.90 Å². The number of benzene rings is 1. The van der Waals surface area contributed by atoms with Crippen LogP contribution in [-0.4, -0.2) is 62.8 Å². The zero-order chi connectivity index (χ0) is 17.8. The quantitative estimate of drug-likeness (QED) is 0.805. The minimum atomic E-state index is 0.593. The van der Waals surface area contributed by atoms with Gasteiger partial charge in [-0.2, -0.15) is 0 Å². The van der Waals surface area contributed by atoms with Crippen LogP contribution in [0.5, 0.6) is 5.75 Å². The second-order valence-electron chi connectivity index (χ2n) is 8.67. The number of rotatable bonds is 5. The van der Waals surface area contributed by atoms with Crippen molar-refractivity contribution in [2.24, 2.45) is 11.3 Å². The Labute approximate surface area is 158 Å². The number of nitrogens with zero attached hydrogens (tertiary/aromatic N) is 2. The minimum Gasteiger partial charge on any atom is -0.497 e. The highest BCUT2D eigenvalue weighted by Gasteiger charge is 2.40. The third-order valence-corrected chi connectivity index (χ3v) is 6.83. The summed E-state index contributed by atoms with van der Waals surface area (Å²) in [4.78, 5) is 5.38. The fraction of sp³-hybridized carbons (Fsp3) is 0.727. The molecule has 3 aliphatic heterocycles. The van der Waals surface area contributed by atoms with Crippen LogP contribution in [0.15, 0.2) is 24.3 Å². The van der Waals surface area contributed by atoms with Crippen LogP contribution < -0.4 is 4.74 Å². The lowest BCUT2D eigenvalue weighted by atomic mass is 9.77. The van der Waals surface area contributed by atoms with Crippen molar-refractivity contribution < 1.29 is 9.47 Å². The van der Waals surface area contributed by atoms with Gasteiger partial charge in [0.15, 0.2) is 0 Å². The first-order valence-corrected chi connectivity index (χ1v) is 10.4. The maximum Gasteiger partial charge on any atom is 0.119 e. The van der Waals surface area contributed by atoms with E-state index >= 15 is 0 Å². The summed E-state index contributed by atoms with van der Waals surface area (Å²) >= 11 is 0. The number of hydrogen-bond donors (Lipinski definition) is 0. The molecule has 0 aromatic heterocycles. The van der Waals surface area contributed by atoms with E-state index in [0.717, 1.165) is 31.4 Å². The molecule has 3 heterocycles. The van der Waals surface area contributed by atoms with Crippen LogP contribution in [0.1, 0.15) is 37.7 Å². The fourth-order valence-electron chi connectivity index (χ4n) is 5.10. The summed E-state index contributed by atoms with van der Waals surface area (Å²) in [6, 6.07) is 8.53. The molecule has 0 aliphatic carbocycles. The molecule has 1 spiro atoms. The molecule has 4 heteroatoms. The van der Waals surface area contributed by atoms with Crippen molar-refractivity contribution in [3.8, 4) is 5.75 Å². The summed E-state index contributed by atoms with van der Waals surface area (Å²) in [6.07, 6.45) is 6.65. The molecule has 0 saturated carbocycles. The lowest BCUT2D eigenvalue weighted by Gasteiger charge is -2.39. The molecule has 1 aromatic carbocycles. The largest absolute Gasteiger partial charge is 0.497 e. The van der Waals surface area contributed by atoms with E-state index < -0.39 is 0 Å². The van der Waals surface area contributed by atoms with E-state index in [1.807, 2.05) is 6.07 Å². The van der Waals surface area contributed by atoms with Crippen LogP contribution in [0, 0.1) is 11.3 Å². The van der Waals surface area contributed by atoms with E-state index in [9.17, 15) is 0 Å². The van der Waals surface area contributed by atoms with Crippen molar-refractivity contribution in [1.82, 2.24) is 9.80 Å². The molecule has 0 radical (unpaired) electrons. The smallest absolute Gasteiger partial charge is 0.119 e. The zero-order valence-corrected chi connectivity index (χ0v) is 16.3. The Kier molecular flexibility index (Phi) is 5.82. The van der Waals surface area contributed by atoms with Gasteiger partial charge in [0.1, 0.15) is 5.75 Å². The van der Waals surface area contributed by atoms with E-state index in [-0.39, 0.29) is 0 Å². The van der Waals surface area contributed by atoms with Gasteiger partial charge in [0.25, 0.3) is 0 Å². The first-order chi connectivity index (χ1) is 12.7. The number of piperidine rings is 1. The standard InChI is InChI=1S/C22H34N2O2/c1-25-21-4-2-3-20(15-21)17-23-10-7-22(8-11-23)9-12-24(18-22)16-19-5-13-26-14-6-19/h2-4,15,19H,5-14,16-18H2,1H3. The van der Waals surface area contributed by atoms with Gasteiger partial charge in [-0.15, -0.1) is 0 Å². The van der Waals surface area contributed by atoms with E-state index in [0.29, 0.717) is 5.41 Å². The minimum absolute atomic E-state index is 0.593. The van der Waals surface area contributed by atoms with Crippen LogP contribution in [0.25, 0.3) is 0 Å². The summed E-state index contributed by atoms with van der Waals surface area (Å²) < 4.78 is 10.9. The maximum atomic E-state index is 5.52. The number of likely N-dealkylation sites (tertiary alicyclic amines) is 2. The Bertz CT molecular complexity index is 577. The third-order valence-electron chi connectivity index (χ3n) is 6.83. The molecular weight excluding hydrogens is 324 g/mol. The van der Waals surface area contributed by atoms with Crippen molar-refractivity contribution in [1.29, 1.82) is 0 Å². The Morgan fingerprint density at radius 3 is 2.54 bits per heavy atom. The second-order valence-corrected chi connectivity index (χ2v) is 8.67. The van der Waals surface area contributed by atoms with Gasteiger partial charge in [-0.05, 0) is 80.8 Å². The maximum absolute atomic E-state index is 5.52. The Morgan fingerprint density at radius 1 is 1.08 bits per heavy atom. The Morgan fingerprint density at radius 2 is 1.81 bits per heavy atom. The van der Waals surface area contributed by atoms with Gasteiger partial charge in [0.05, 0.1) is 7.11 Å². The van der Waals surface area contributed by atoms with Gasteiger partial charge in [0, 0.05) is 32.8 Å². The van der Waals surface area contributed by atoms with Crippen LogP contribution in [0.2, 0.25) is 0 Å². The summed E-state index contributed by atoms with van der Waals surface area (Å²) in [5, 5.41) is 0. The molecule has 26 heavy (non-hydrogen) atoms. The monoisotopic (exact) mass is 358 g/mol. The molecule has 0 unspecified atom stereocenters. The van der Waals surface area contributed by atoms with Crippen LogP contribution in [0.3, 0.4) is 0 Å². The Balaban J connectivity index is 1.25. The highest BCUT2D eigenvalue weighted by molar-refractivity contribution is 5.28. The molecule has 3 fully saturated rings. The predicted molar refractivity (Wildman–Crippen MR) is 105 cm³/mol. The molecule has 0 amide bonds. The van der Waals surface area contributed by atoms with Crippen molar-refractivity contribution >= 4 is 0 Å². The van der Waals surface area contributed by atoms with Gasteiger partial charge < -0.3 is 14.4 Å². The molecule has 3 aliphatic rings. The normalized spacial score (nSPS) is 25.0. The summed E-state index contributed by atoms with van der Waals surface area (Å²) in [5.74, 6) is 1.84. The van der Waals surface area contributed by atoms with Crippen molar-refractivity contribution in [2.45, 2.75) is 38.6 Å². The van der Waals surface area contributed by atoms with Crippen LogP contribution in [-0.2, 0) is 11.3 Å². The van der Waals surface area contributed by atoms with E-state index in [4.69, 9.17) is 9.47 Å². The molecule has 0 N–H and O–H groups in total. The number of ether oxygens (including phenoxy) is 2. The molecular formula is C22H34N2O2. The lowest BCUT2D eigenvalue weighted by Crippen LogP contribution is -2.41. The average molecular weight is 359 g/mol. The topological polar surface area (TPSA) is 24.9 Å². The van der Waals surface area contributed by atoms with Gasteiger partial charge >= 0.3 is 0 Å². The summed E-state index contributed by atoms with van der Waals surface area (Å²) in [7, 11) is 1.75. The van der Waals surface area contributed by atoms with Gasteiger partial charge in [0.2, 0.25) is 0 Å². The van der Waals surface area contributed by atoms with Crippen LogP contribution in [0.4, 0.5) is 0 Å². The highest BCUT2D eigenvalue weighted by atomic mass is 16.5. The average Bonchev–Trinajstić information content (AvgIpc) is 3.07. The Hall–Kier alpha value is -1.10. The van der Waals surface area contributed by atoms with E-state index in [1.54, 1.807) is 7.11 Å². The first-order valence-electron chi connectivity index (χ1n) is 10.4. The number of hydrogen-bond acceptors (Lipinski definition) is 4. The predicted octanol–water partition coefficient (Wildman–Crippen LogP) is 3.41. The highest BCUT2D eigenvalue weighted by Crippen LogP contribution is 2.41. The molecule has 144 valence electrons. The van der Waals surface area contributed by atoms with Crippen LogP contribution >= 0.6 is 0 Å². The molecule has 0 atom stereocenters. The number of methoxy groups -OCH3 is 1. The molecule has 3 saturated heterocycles. The third kappa shape index (κ3) is 4.41. The second kappa shape index (κ2) is 8.28.